The summed E-state index contributed by atoms with van der Waals surface area (Å²) in [5.41, 5.74) is 1.05. The zero-order chi connectivity index (χ0) is 12.3. The summed E-state index contributed by atoms with van der Waals surface area (Å²) in [5, 5.41) is 0. The molecule has 1 unspecified atom stereocenters. The number of rotatable bonds is 2. The molecule has 17 heavy (non-hydrogen) atoms. The van der Waals surface area contributed by atoms with Gasteiger partial charge in [0.15, 0.2) is 0 Å². The number of carbonyl (C=O) groups excluding carboxylic acids is 1. The molecule has 2 aromatic rings. The molecule has 5 nitrogen and oxygen atoms in total. The largest absolute Gasteiger partial charge is 0.433 e. The van der Waals surface area contributed by atoms with Gasteiger partial charge in [0, 0.05) is 12.4 Å². The minimum atomic E-state index is -1.80. The van der Waals surface area contributed by atoms with Crippen molar-refractivity contribution in [1.29, 1.82) is 0 Å². The maximum absolute atomic E-state index is 11.7. The molecule has 0 aliphatic rings. The Hall–Kier alpha value is -1.95. The van der Waals surface area contributed by atoms with E-state index in [9.17, 15) is 9.00 Å². The summed E-state index contributed by atoms with van der Waals surface area (Å²) < 4.78 is 17.6. The fraction of sp³-hybridized carbons (Fsp3) is 0.0909. The molecule has 0 aliphatic carbocycles. The van der Waals surface area contributed by atoms with E-state index in [0.717, 1.165) is 10.1 Å². The highest BCUT2D eigenvalue weighted by Gasteiger charge is 2.12. The molecule has 0 bridgehead atoms. The highest BCUT2D eigenvalue weighted by atomic mass is 32.2. The minimum Gasteiger partial charge on any atom is -0.342 e. The van der Waals surface area contributed by atoms with E-state index in [-0.39, 0.29) is 0 Å². The molecule has 0 N–H and O–H groups in total. The van der Waals surface area contributed by atoms with Crippen LogP contribution in [0, 0.1) is 6.92 Å². The predicted molar refractivity (Wildman–Crippen MR) is 61.7 cm³/mol. The zero-order valence-electron chi connectivity index (χ0n) is 9.07. The fourth-order valence-electron chi connectivity index (χ4n) is 1.17. The maximum atomic E-state index is 11.7. The van der Waals surface area contributed by atoms with Crippen molar-refractivity contribution in [1.82, 2.24) is 9.55 Å². The topological polar surface area (TPSA) is 61.2 Å². The highest BCUT2D eigenvalue weighted by molar-refractivity contribution is 7.80. The van der Waals surface area contributed by atoms with Gasteiger partial charge in [-0.05, 0) is 19.1 Å². The Morgan fingerprint density at radius 2 is 2.06 bits per heavy atom. The molecule has 0 saturated carbocycles. The first-order chi connectivity index (χ1) is 8.16. The second kappa shape index (κ2) is 4.92. The molecule has 1 aromatic heterocycles. The van der Waals surface area contributed by atoms with Crippen LogP contribution in [0.2, 0.25) is 0 Å². The van der Waals surface area contributed by atoms with Crippen LogP contribution >= 0.6 is 0 Å². The molecule has 0 fully saturated rings. The fourth-order valence-corrected chi connectivity index (χ4v) is 1.84. The van der Waals surface area contributed by atoms with Gasteiger partial charge in [-0.3, -0.25) is 0 Å². The Bertz CT molecular complexity index is 534. The van der Waals surface area contributed by atoms with Crippen LogP contribution in [0.25, 0.3) is 0 Å². The van der Waals surface area contributed by atoms with E-state index in [1.165, 1.54) is 18.7 Å². The number of nitrogens with zero attached hydrogens (tertiary/aromatic N) is 2. The van der Waals surface area contributed by atoms with Crippen LogP contribution in [-0.4, -0.2) is 19.9 Å². The van der Waals surface area contributed by atoms with Crippen molar-refractivity contribution >= 4 is 17.2 Å². The summed E-state index contributed by atoms with van der Waals surface area (Å²) in [7, 11) is 0. The van der Waals surface area contributed by atoms with Gasteiger partial charge in [-0.1, -0.05) is 17.7 Å². The maximum Gasteiger partial charge on any atom is 0.433 e. The average molecular weight is 250 g/mol. The third kappa shape index (κ3) is 2.79. The monoisotopic (exact) mass is 250 g/mol. The van der Waals surface area contributed by atoms with Crippen molar-refractivity contribution < 1.29 is 13.2 Å². The lowest BCUT2D eigenvalue weighted by Crippen LogP contribution is -2.13. The van der Waals surface area contributed by atoms with Gasteiger partial charge < -0.3 is 4.18 Å². The van der Waals surface area contributed by atoms with Crippen LogP contribution in [0.5, 0.6) is 0 Å². The first-order valence-electron chi connectivity index (χ1n) is 4.86. The Kier molecular flexibility index (Phi) is 3.34. The third-order valence-electron chi connectivity index (χ3n) is 2.08. The van der Waals surface area contributed by atoms with Gasteiger partial charge in [0.05, 0.1) is 4.90 Å². The molecule has 2 rings (SSSR count). The molecule has 0 radical (unpaired) electrons. The van der Waals surface area contributed by atoms with Crippen molar-refractivity contribution in [3.8, 4) is 0 Å². The second-order valence-electron chi connectivity index (χ2n) is 3.37. The van der Waals surface area contributed by atoms with Crippen molar-refractivity contribution in [2.24, 2.45) is 0 Å². The summed E-state index contributed by atoms with van der Waals surface area (Å²) in [5.74, 6) is 0. The van der Waals surface area contributed by atoms with Crippen LogP contribution in [0.1, 0.15) is 5.56 Å². The standard InChI is InChI=1S/C11H10N2O3S/c1-9-2-4-10(5-3-9)17(15)16-11(14)13-7-6-12-8-13/h2-8H,1H3. The van der Waals surface area contributed by atoms with E-state index in [0.29, 0.717) is 4.90 Å². The lowest BCUT2D eigenvalue weighted by Gasteiger charge is -2.03. The molecule has 6 heteroatoms. The van der Waals surface area contributed by atoms with E-state index in [4.69, 9.17) is 4.18 Å². The Labute approximate surface area is 101 Å². The first-order valence-corrected chi connectivity index (χ1v) is 5.93. The lowest BCUT2D eigenvalue weighted by atomic mass is 10.2. The number of hydrogen-bond acceptors (Lipinski definition) is 4. The van der Waals surface area contributed by atoms with E-state index in [2.05, 4.69) is 4.98 Å². The Morgan fingerprint density at radius 1 is 1.35 bits per heavy atom. The van der Waals surface area contributed by atoms with Gasteiger partial charge in [-0.25, -0.2) is 18.6 Å². The van der Waals surface area contributed by atoms with Crippen LogP contribution < -0.4 is 0 Å². The Morgan fingerprint density at radius 3 is 2.65 bits per heavy atom. The summed E-state index contributed by atoms with van der Waals surface area (Å²) in [6, 6.07) is 6.93. The van der Waals surface area contributed by atoms with Crippen molar-refractivity contribution in [2.45, 2.75) is 11.8 Å². The van der Waals surface area contributed by atoms with Gasteiger partial charge in [0.1, 0.15) is 6.33 Å². The van der Waals surface area contributed by atoms with Gasteiger partial charge in [0.25, 0.3) is 0 Å². The molecule has 1 heterocycles. The van der Waals surface area contributed by atoms with Crippen molar-refractivity contribution in [2.75, 3.05) is 0 Å². The zero-order valence-corrected chi connectivity index (χ0v) is 9.89. The number of benzene rings is 1. The average Bonchev–Trinajstić information content (AvgIpc) is 2.83. The number of imidazole rings is 1. The van der Waals surface area contributed by atoms with Gasteiger partial charge >= 0.3 is 6.09 Å². The predicted octanol–water partition coefficient (Wildman–Crippen LogP) is 1.90. The molecular formula is C11H10N2O3S. The van der Waals surface area contributed by atoms with E-state index in [1.54, 1.807) is 24.3 Å². The van der Waals surface area contributed by atoms with Crippen LogP contribution in [0.3, 0.4) is 0 Å². The molecular weight excluding hydrogens is 240 g/mol. The summed E-state index contributed by atoms with van der Waals surface area (Å²) >= 11 is -1.80. The number of hydrogen-bond donors (Lipinski definition) is 0. The number of aryl methyl sites for hydroxylation is 1. The summed E-state index contributed by atoms with van der Waals surface area (Å²) in [4.78, 5) is 15.6. The van der Waals surface area contributed by atoms with Gasteiger partial charge in [-0.15, -0.1) is 0 Å². The smallest absolute Gasteiger partial charge is 0.342 e. The molecule has 0 spiro atoms. The third-order valence-corrected chi connectivity index (χ3v) is 3.03. The number of aromatic nitrogens is 2. The summed E-state index contributed by atoms with van der Waals surface area (Å²) in [6.07, 6.45) is 3.43. The van der Waals surface area contributed by atoms with Crippen LogP contribution in [0.4, 0.5) is 4.79 Å². The molecule has 1 atom stereocenters. The molecule has 1 aromatic carbocycles. The molecule has 0 aliphatic heterocycles. The molecule has 0 amide bonds. The molecule has 88 valence electrons. The van der Waals surface area contributed by atoms with Crippen LogP contribution in [-0.2, 0) is 15.3 Å². The summed E-state index contributed by atoms with van der Waals surface area (Å²) in [6.45, 7) is 1.92. The minimum absolute atomic E-state index is 0.448. The quantitative estimate of drug-likeness (QED) is 0.816. The normalized spacial score (nSPS) is 12.1. The highest BCUT2D eigenvalue weighted by Crippen LogP contribution is 2.10. The van der Waals surface area contributed by atoms with Gasteiger partial charge in [0.2, 0.25) is 11.1 Å². The SMILES string of the molecule is Cc1ccc(S(=O)OC(=O)n2ccnc2)cc1. The number of carbonyl (C=O) groups is 1. The van der Waals surface area contributed by atoms with Gasteiger partial charge in [-0.2, -0.15) is 0 Å². The molecule has 0 saturated heterocycles. The van der Waals surface area contributed by atoms with Crippen molar-refractivity contribution in [3.05, 3.63) is 48.5 Å². The van der Waals surface area contributed by atoms with E-state index >= 15 is 0 Å². The first kappa shape index (κ1) is 11.5. The van der Waals surface area contributed by atoms with E-state index in [1.807, 2.05) is 6.92 Å². The second-order valence-corrected chi connectivity index (χ2v) is 4.47. The van der Waals surface area contributed by atoms with Crippen LogP contribution in [0.15, 0.2) is 47.9 Å². The van der Waals surface area contributed by atoms with Crippen molar-refractivity contribution in [3.63, 3.8) is 0 Å². The lowest BCUT2D eigenvalue weighted by molar-refractivity contribution is 0.207. The van der Waals surface area contributed by atoms with E-state index < -0.39 is 17.2 Å². The Balaban J connectivity index is 2.07.